The van der Waals surface area contributed by atoms with E-state index in [4.69, 9.17) is 4.42 Å². The Balaban J connectivity index is 1.90. The number of fused-ring (bicyclic) bond motifs is 1. The molecule has 0 saturated carbocycles. The number of carbonyl (C=O) groups excluding carboxylic acids is 1. The third kappa shape index (κ3) is 3.71. The summed E-state index contributed by atoms with van der Waals surface area (Å²) in [7, 11) is 0. The molecule has 4 nitrogen and oxygen atoms in total. The molecule has 1 aromatic carbocycles. The molecule has 26 heavy (non-hydrogen) atoms. The summed E-state index contributed by atoms with van der Waals surface area (Å²) in [5, 5.41) is 0.878. The van der Waals surface area contributed by atoms with Crippen molar-refractivity contribution in [2.24, 2.45) is 0 Å². The fourth-order valence-electron chi connectivity index (χ4n) is 2.84. The van der Waals surface area contributed by atoms with Crippen molar-refractivity contribution in [2.75, 3.05) is 0 Å². The molecule has 0 aliphatic rings. The smallest absolute Gasteiger partial charge is 0.406 e. The van der Waals surface area contributed by atoms with Gasteiger partial charge in [0.05, 0.1) is 0 Å². The summed E-state index contributed by atoms with van der Waals surface area (Å²) < 4.78 is 44.3. The maximum absolute atomic E-state index is 12.6. The molecule has 0 aliphatic carbocycles. The summed E-state index contributed by atoms with van der Waals surface area (Å²) in [6.45, 7) is 2.71. The second kappa shape index (κ2) is 6.82. The van der Waals surface area contributed by atoms with Crippen LogP contribution < -0.4 is 0 Å². The van der Waals surface area contributed by atoms with Crippen molar-refractivity contribution in [3.63, 3.8) is 0 Å². The number of rotatable bonds is 5. The predicted molar refractivity (Wildman–Crippen MR) is 92.0 cm³/mol. The molecule has 7 heteroatoms. The molecule has 0 amide bonds. The minimum Gasteiger partial charge on any atom is -0.452 e. The number of hydrogen-bond donors (Lipinski definition) is 0. The van der Waals surface area contributed by atoms with E-state index < -0.39 is 18.5 Å². The third-order valence-electron chi connectivity index (χ3n) is 4.00. The standard InChI is InChI=1S/C19H17F3N2O2/c1-3-13-14-10-12(2)4-6-16(14)26-18(13)15(25)5-7-17-23-8-9-24(17)11-19(20,21)22/h4-10H,3,11H2,1-2H3/b7-5+. The van der Waals surface area contributed by atoms with Crippen LogP contribution in [0.15, 0.2) is 41.1 Å². The lowest BCUT2D eigenvalue weighted by atomic mass is 10.0. The van der Waals surface area contributed by atoms with E-state index in [-0.39, 0.29) is 11.6 Å². The second-order valence-electron chi connectivity index (χ2n) is 5.99. The first-order chi connectivity index (χ1) is 12.3. The lowest BCUT2D eigenvalue weighted by Gasteiger charge is -2.08. The number of nitrogens with zero attached hydrogens (tertiary/aromatic N) is 2. The van der Waals surface area contributed by atoms with Gasteiger partial charge >= 0.3 is 6.18 Å². The van der Waals surface area contributed by atoms with E-state index in [2.05, 4.69) is 4.98 Å². The van der Waals surface area contributed by atoms with E-state index in [1.165, 1.54) is 24.5 Å². The summed E-state index contributed by atoms with van der Waals surface area (Å²) in [5.41, 5.74) is 2.46. The Kier molecular flexibility index (Phi) is 4.71. The topological polar surface area (TPSA) is 48.0 Å². The number of aryl methyl sites for hydroxylation is 2. The highest BCUT2D eigenvalue weighted by atomic mass is 19.4. The number of alkyl halides is 3. The Bertz CT molecular complexity index is 980. The van der Waals surface area contributed by atoms with Crippen LogP contribution >= 0.6 is 0 Å². The Morgan fingerprint density at radius 1 is 1.35 bits per heavy atom. The minimum absolute atomic E-state index is 0.0562. The molecule has 0 aliphatic heterocycles. The summed E-state index contributed by atoms with van der Waals surface area (Å²) in [6.07, 6.45) is 1.19. The molecule has 0 spiro atoms. The van der Waals surface area contributed by atoms with Crippen molar-refractivity contribution in [2.45, 2.75) is 33.0 Å². The lowest BCUT2D eigenvalue weighted by molar-refractivity contribution is -0.140. The lowest BCUT2D eigenvalue weighted by Crippen LogP contribution is -2.18. The highest BCUT2D eigenvalue weighted by Gasteiger charge is 2.28. The van der Waals surface area contributed by atoms with E-state index in [0.717, 1.165) is 21.1 Å². The zero-order valence-electron chi connectivity index (χ0n) is 14.3. The Morgan fingerprint density at radius 2 is 2.12 bits per heavy atom. The van der Waals surface area contributed by atoms with E-state index in [0.29, 0.717) is 12.0 Å². The van der Waals surface area contributed by atoms with Crippen LogP contribution in [0.2, 0.25) is 0 Å². The average Bonchev–Trinajstić information content (AvgIpc) is 3.14. The molecular formula is C19H17F3N2O2. The van der Waals surface area contributed by atoms with E-state index in [9.17, 15) is 18.0 Å². The molecule has 0 saturated heterocycles. The van der Waals surface area contributed by atoms with Crippen molar-refractivity contribution < 1.29 is 22.4 Å². The Morgan fingerprint density at radius 3 is 2.81 bits per heavy atom. The van der Waals surface area contributed by atoms with Gasteiger partial charge in [-0.15, -0.1) is 0 Å². The van der Waals surface area contributed by atoms with Crippen LogP contribution in [0.25, 0.3) is 17.0 Å². The number of aromatic nitrogens is 2. The zero-order valence-corrected chi connectivity index (χ0v) is 14.3. The molecule has 0 fully saturated rings. The van der Waals surface area contributed by atoms with E-state index >= 15 is 0 Å². The van der Waals surface area contributed by atoms with Crippen LogP contribution in [0.1, 0.15) is 34.4 Å². The highest BCUT2D eigenvalue weighted by molar-refractivity contribution is 6.08. The minimum atomic E-state index is -4.36. The number of halogens is 3. The molecule has 3 aromatic rings. The van der Waals surface area contributed by atoms with E-state index in [1.54, 1.807) is 6.07 Å². The second-order valence-corrected chi connectivity index (χ2v) is 5.99. The number of imidazole rings is 1. The van der Waals surface area contributed by atoms with Gasteiger partial charge in [-0.1, -0.05) is 18.6 Å². The molecular weight excluding hydrogens is 345 g/mol. The number of carbonyl (C=O) groups is 1. The normalized spacial score (nSPS) is 12.3. The summed E-state index contributed by atoms with van der Waals surface area (Å²) in [6, 6.07) is 5.65. The zero-order chi connectivity index (χ0) is 18.9. The molecule has 3 rings (SSSR count). The summed E-state index contributed by atoms with van der Waals surface area (Å²) >= 11 is 0. The quantitative estimate of drug-likeness (QED) is 0.476. The number of ketones is 1. The van der Waals surface area contributed by atoms with Gasteiger partial charge in [0.2, 0.25) is 5.78 Å². The molecule has 136 valence electrons. The van der Waals surface area contributed by atoms with Gasteiger partial charge in [0.1, 0.15) is 18.0 Å². The fourth-order valence-corrected chi connectivity index (χ4v) is 2.84. The van der Waals surface area contributed by atoms with Gasteiger partial charge in [-0.3, -0.25) is 4.79 Å². The van der Waals surface area contributed by atoms with Gasteiger partial charge in [-0.25, -0.2) is 4.98 Å². The van der Waals surface area contributed by atoms with Crippen molar-refractivity contribution in [3.05, 3.63) is 59.4 Å². The Labute approximate surface area is 147 Å². The third-order valence-corrected chi connectivity index (χ3v) is 4.00. The molecule has 0 N–H and O–H groups in total. The van der Waals surface area contributed by atoms with Gasteiger partial charge in [0.25, 0.3) is 0 Å². The number of benzene rings is 1. The molecule has 2 heterocycles. The van der Waals surface area contributed by atoms with Gasteiger partial charge in [-0.05, 0) is 37.6 Å². The van der Waals surface area contributed by atoms with Crippen LogP contribution in [-0.2, 0) is 13.0 Å². The SMILES string of the molecule is CCc1c(C(=O)/C=C/c2nccn2CC(F)(F)F)oc2ccc(C)cc12. The first-order valence-corrected chi connectivity index (χ1v) is 8.11. The van der Waals surface area contributed by atoms with Crippen LogP contribution in [-0.4, -0.2) is 21.5 Å². The van der Waals surface area contributed by atoms with Gasteiger partial charge in [0.15, 0.2) is 5.76 Å². The maximum atomic E-state index is 12.6. The van der Waals surface area contributed by atoms with Crippen molar-refractivity contribution >= 4 is 22.8 Å². The molecule has 0 unspecified atom stereocenters. The maximum Gasteiger partial charge on any atom is 0.406 e. The monoisotopic (exact) mass is 362 g/mol. The number of hydrogen-bond acceptors (Lipinski definition) is 3. The van der Waals surface area contributed by atoms with Crippen LogP contribution in [0.5, 0.6) is 0 Å². The van der Waals surface area contributed by atoms with Crippen molar-refractivity contribution in [1.29, 1.82) is 0 Å². The fraction of sp³-hybridized carbons (Fsp3) is 0.263. The predicted octanol–water partition coefficient (Wildman–Crippen LogP) is 4.96. The summed E-state index contributed by atoms with van der Waals surface area (Å²) in [5.74, 6) is -0.142. The van der Waals surface area contributed by atoms with Crippen LogP contribution in [0.4, 0.5) is 13.2 Å². The first-order valence-electron chi connectivity index (χ1n) is 8.11. The number of allylic oxidation sites excluding steroid dienone is 1. The number of furan rings is 1. The van der Waals surface area contributed by atoms with Crippen molar-refractivity contribution in [3.8, 4) is 0 Å². The average molecular weight is 362 g/mol. The summed E-state index contributed by atoms with van der Waals surface area (Å²) in [4.78, 5) is 16.4. The Hall–Kier alpha value is -2.83. The van der Waals surface area contributed by atoms with Gasteiger partial charge < -0.3 is 8.98 Å². The molecule has 0 radical (unpaired) electrons. The van der Waals surface area contributed by atoms with E-state index in [1.807, 2.05) is 26.0 Å². The van der Waals surface area contributed by atoms with Gasteiger partial charge in [0, 0.05) is 23.3 Å². The van der Waals surface area contributed by atoms with Crippen molar-refractivity contribution in [1.82, 2.24) is 9.55 Å². The molecule has 0 bridgehead atoms. The molecule has 2 aromatic heterocycles. The highest BCUT2D eigenvalue weighted by Crippen LogP contribution is 2.28. The van der Waals surface area contributed by atoms with Crippen LogP contribution in [0.3, 0.4) is 0 Å². The largest absolute Gasteiger partial charge is 0.452 e. The molecule has 0 atom stereocenters. The van der Waals surface area contributed by atoms with Gasteiger partial charge in [-0.2, -0.15) is 13.2 Å². The first kappa shape index (κ1) is 18.0. The van der Waals surface area contributed by atoms with Crippen LogP contribution in [0, 0.1) is 6.92 Å².